The van der Waals surface area contributed by atoms with Crippen molar-refractivity contribution in [2.75, 3.05) is 29.9 Å². The molecule has 138 valence electrons. The second-order valence-corrected chi connectivity index (χ2v) is 9.72. The van der Waals surface area contributed by atoms with E-state index in [-0.39, 0.29) is 16.5 Å². The van der Waals surface area contributed by atoms with Gasteiger partial charge in [-0.3, -0.25) is 4.79 Å². The topological polar surface area (TPSA) is 82.3 Å². The molecule has 1 aromatic heterocycles. The number of amides is 1. The molecule has 2 aromatic rings. The summed E-state index contributed by atoms with van der Waals surface area (Å²) in [5, 5.41) is 2.85. The normalized spacial score (nSPS) is 17.8. The summed E-state index contributed by atoms with van der Waals surface area (Å²) in [5.41, 5.74) is 3.61. The van der Waals surface area contributed by atoms with E-state index in [9.17, 15) is 13.2 Å². The van der Waals surface area contributed by atoms with Gasteiger partial charge in [-0.05, 0) is 48.6 Å². The molecule has 1 aromatic carbocycles. The molecule has 8 heteroatoms. The van der Waals surface area contributed by atoms with Crippen LogP contribution in [0.15, 0.2) is 35.4 Å². The predicted molar refractivity (Wildman–Crippen MR) is 103 cm³/mol. The summed E-state index contributed by atoms with van der Waals surface area (Å²) in [6.07, 6.45) is 4.68. The molecule has 1 aliphatic carbocycles. The lowest BCUT2D eigenvalue weighted by atomic mass is 10.1. The molecule has 0 atom stereocenters. The summed E-state index contributed by atoms with van der Waals surface area (Å²) in [5.74, 6) is 1.27. The van der Waals surface area contributed by atoms with Crippen molar-refractivity contribution in [1.29, 1.82) is 0 Å². The number of anilines is 1. The molecule has 26 heavy (non-hydrogen) atoms. The van der Waals surface area contributed by atoms with Gasteiger partial charge in [0.15, 0.2) is 0 Å². The third-order valence-corrected chi connectivity index (χ3v) is 7.68. The number of nitrogens with zero attached hydrogens (tertiary/aromatic N) is 1. The Kier molecular flexibility index (Phi) is 4.81. The minimum Gasteiger partial charge on any atom is -0.356 e. The van der Waals surface area contributed by atoms with Crippen molar-refractivity contribution in [2.24, 2.45) is 0 Å². The second kappa shape index (κ2) is 7.09. The molecule has 2 N–H and O–H groups in total. The molecule has 2 heterocycles. The van der Waals surface area contributed by atoms with E-state index in [0.29, 0.717) is 13.1 Å². The Balaban J connectivity index is 1.49. The maximum absolute atomic E-state index is 12.7. The number of aromatic nitrogens is 1. The first kappa shape index (κ1) is 17.6. The molecular weight excluding hydrogens is 370 g/mol. The summed E-state index contributed by atoms with van der Waals surface area (Å²) in [6.45, 7) is 1.02. The summed E-state index contributed by atoms with van der Waals surface area (Å²) < 4.78 is 26.8. The van der Waals surface area contributed by atoms with Gasteiger partial charge in [0.2, 0.25) is 10.0 Å². The number of aromatic amines is 1. The molecule has 6 nitrogen and oxygen atoms in total. The number of nitrogens with one attached hydrogen (secondary N) is 2. The Labute approximate surface area is 157 Å². The van der Waals surface area contributed by atoms with E-state index in [4.69, 9.17) is 0 Å². The van der Waals surface area contributed by atoms with E-state index in [1.165, 1.54) is 27.7 Å². The lowest BCUT2D eigenvalue weighted by Gasteiger charge is -2.24. The summed E-state index contributed by atoms with van der Waals surface area (Å²) in [4.78, 5) is 15.4. The monoisotopic (exact) mass is 391 g/mol. The van der Waals surface area contributed by atoms with Crippen LogP contribution in [0, 0.1) is 0 Å². The van der Waals surface area contributed by atoms with Crippen LogP contribution in [0.5, 0.6) is 0 Å². The first-order chi connectivity index (χ1) is 12.5. The summed E-state index contributed by atoms with van der Waals surface area (Å²) in [7, 11) is -3.55. The third kappa shape index (κ3) is 3.41. The average Bonchev–Trinajstić information content (AvgIpc) is 3.32. The van der Waals surface area contributed by atoms with Crippen molar-refractivity contribution in [3.05, 3.63) is 47.3 Å². The van der Waals surface area contributed by atoms with E-state index in [1.54, 1.807) is 11.8 Å². The maximum atomic E-state index is 12.7. The van der Waals surface area contributed by atoms with Crippen molar-refractivity contribution in [3.63, 3.8) is 0 Å². The molecular formula is C18H21N3O3S2. The minimum atomic E-state index is -3.55. The van der Waals surface area contributed by atoms with Gasteiger partial charge in [0.1, 0.15) is 10.6 Å². The van der Waals surface area contributed by atoms with E-state index < -0.39 is 10.0 Å². The summed E-state index contributed by atoms with van der Waals surface area (Å²) >= 11 is 1.75. The Bertz CT molecular complexity index is 931. The van der Waals surface area contributed by atoms with Crippen LogP contribution in [0.3, 0.4) is 0 Å². The van der Waals surface area contributed by atoms with Crippen LogP contribution >= 0.6 is 11.8 Å². The highest BCUT2D eigenvalue weighted by atomic mass is 32.2. The van der Waals surface area contributed by atoms with Gasteiger partial charge in [0.25, 0.3) is 5.91 Å². The van der Waals surface area contributed by atoms with Crippen LogP contribution in [-0.4, -0.2) is 48.2 Å². The number of fused-ring (bicyclic) bond motifs is 1. The number of thioether (sulfide) groups is 1. The minimum absolute atomic E-state index is 0.142. The van der Waals surface area contributed by atoms with Crippen molar-refractivity contribution in [2.45, 2.75) is 24.2 Å². The lowest BCUT2D eigenvalue weighted by Crippen LogP contribution is -2.37. The predicted octanol–water partition coefficient (Wildman–Crippen LogP) is 2.49. The SMILES string of the molecule is O=C(Nc1ccc2c(c1)CCC2)c1cc(S(=O)(=O)N2CCSCC2)c[nH]1. The zero-order valence-electron chi connectivity index (χ0n) is 14.3. The Morgan fingerprint density at radius 2 is 1.88 bits per heavy atom. The van der Waals surface area contributed by atoms with Crippen molar-refractivity contribution >= 4 is 33.4 Å². The smallest absolute Gasteiger partial charge is 0.272 e. The van der Waals surface area contributed by atoms with Crippen LogP contribution < -0.4 is 5.32 Å². The van der Waals surface area contributed by atoms with E-state index in [1.807, 2.05) is 12.1 Å². The number of sulfonamides is 1. The van der Waals surface area contributed by atoms with Gasteiger partial charge in [-0.25, -0.2) is 8.42 Å². The molecule has 1 amide bonds. The van der Waals surface area contributed by atoms with Gasteiger partial charge < -0.3 is 10.3 Å². The van der Waals surface area contributed by atoms with E-state index >= 15 is 0 Å². The number of aryl methyl sites for hydroxylation is 2. The Morgan fingerprint density at radius 3 is 2.69 bits per heavy atom. The Morgan fingerprint density at radius 1 is 1.12 bits per heavy atom. The molecule has 0 unspecified atom stereocenters. The van der Waals surface area contributed by atoms with Gasteiger partial charge in [-0.15, -0.1) is 0 Å². The standard InChI is InChI=1S/C18H21N3O3S2/c22-18(20-15-5-4-13-2-1-3-14(13)10-15)17-11-16(12-19-17)26(23,24)21-6-8-25-9-7-21/h4-5,10-12,19H,1-3,6-9H2,(H,20,22). The van der Waals surface area contributed by atoms with Crippen LogP contribution in [0.25, 0.3) is 0 Å². The molecule has 0 saturated carbocycles. The van der Waals surface area contributed by atoms with Crippen LogP contribution in [0.4, 0.5) is 5.69 Å². The van der Waals surface area contributed by atoms with Crippen molar-refractivity contribution in [3.8, 4) is 0 Å². The fourth-order valence-corrected chi connectivity index (χ4v) is 6.01. The van der Waals surface area contributed by atoms with Crippen LogP contribution in [-0.2, 0) is 22.9 Å². The largest absolute Gasteiger partial charge is 0.356 e. The van der Waals surface area contributed by atoms with E-state index in [2.05, 4.69) is 16.4 Å². The number of H-pyrrole nitrogens is 1. The van der Waals surface area contributed by atoms with Gasteiger partial charge in [-0.1, -0.05) is 6.07 Å². The second-order valence-electron chi connectivity index (χ2n) is 6.56. The fourth-order valence-electron chi connectivity index (χ4n) is 3.44. The third-order valence-electron chi connectivity index (χ3n) is 4.87. The average molecular weight is 392 g/mol. The van der Waals surface area contributed by atoms with Gasteiger partial charge >= 0.3 is 0 Å². The highest BCUT2D eigenvalue weighted by molar-refractivity contribution is 7.99. The highest BCUT2D eigenvalue weighted by Gasteiger charge is 2.27. The van der Waals surface area contributed by atoms with Crippen molar-refractivity contribution in [1.82, 2.24) is 9.29 Å². The molecule has 1 aliphatic heterocycles. The number of benzene rings is 1. The van der Waals surface area contributed by atoms with Gasteiger partial charge in [0.05, 0.1) is 0 Å². The Hall–Kier alpha value is -1.77. The maximum Gasteiger partial charge on any atom is 0.272 e. The first-order valence-electron chi connectivity index (χ1n) is 8.73. The van der Waals surface area contributed by atoms with E-state index in [0.717, 1.165) is 36.5 Å². The molecule has 0 bridgehead atoms. The number of hydrogen-bond acceptors (Lipinski definition) is 4. The molecule has 4 rings (SSSR count). The van der Waals surface area contributed by atoms with Crippen LogP contribution in [0.2, 0.25) is 0 Å². The molecule has 1 fully saturated rings. The number of rotatable bonds is 4. The van der Waals surface area contributed by atoms with Gasteiger partial charge in [0, 0.05) is 36.5 Å². The summed E-state index contributed by atoms with van der Waals surface area (Å²) in [6, 6.07) is 7.37. The molecule has 0 spiro atoms. The number of carbonyl (C=O) groups is 1. The van der Waals surface area contributed by atoms with Gasteiger partial charge in [-0.2, -0.15) is 16.1 Å². The lowest BCUT2D eigenvalue weighted by molar-refractivity contribution is 0.102. The molecule has 1 saturated heterocycles. The zero-order chi connectivity index (χ0) is 18.1. The zero-order valence-corrected chi connectivity index (χ0v) is 16.0. The first-order valence-corrected chi connectivity index (χ1v) is 11.3. The number of carbonyl (C=O) groups excluding carboxylic acids is 1. The number of hydrogen-bond donors (Lipinski definition) is 2. The van der Waals surface area contributed by atoms with Crippen LogP contribution in [0.1, 0.15) is 28.0 Å². The quantitative estimate of drug-likeness (QED) is 0.839. The highest BCUT2D eigenvalue weighted by Crippen LogP contribution is 2.25. The fraction of sp³-hybridized carbons (Fsp3) is 0.389. The molecule has 2 aliphatic rings. The van der Waals surface area contributed by atoms with Crippen molar-refractivity contribution < 1.29 is 13.2 Å². The molecule has 0 radical (unpaired) electrons.